The molecule has 1 nitrogen and oxygen atoms in total. The first kappa shape index (κ1) is 12.5. The van der Waals surface area contributed by atoms with Crippen molar-refractivity contribution in [3.05, 3.63) is 72.7 Å². The predicted octanol–water partition coefficient (Wildman–Crippen LogP) is 4.73. The van der Waals surface area contributed by atoms with Crippen LogP contribution in [-0.2, 0) is 0 Å². The molecular weight excluding hydrogens is 238 g/mol. The standard InChI is InChI=1S/C16H15NS/c1-2-3-12-18-14-10-8-13(9-11-14)15-6-4-5-7-16(15)17/h2-12H,1,17H2. The summed E-state index contributed by atoms with van der Waals surface area (Å²) in [6.07, 6.45) is 3.69. The molecule has 0 radical (unpaired) electrons. The lowest BCUT2D eigenvalue weighted by molar-refractivity contribution is 1.46. The largest absolute Gasteiger partial charge is 0.398 e. The predicted molar refractivity (Wildman–Crippen MR) is 81.5 cm³/mol. The highest BCUT2D eigenvalue weighted by Crippen LogP contribution is 2.28. The molecular formula is C16H15NS. The van der Waals surface area contributed by atoms with E-state index in [1.807, 2.05) is 35.7 Å². The minimum Gasteiger partial charge on any atom is -0.398 e. The monoisotopic (exact) mass is 253 g/mol. The van der Waals surface area contributed by atoms with Gasteiger partial charge in [0, 0.05) is 16.1 Å². The van der Waals surface area contributed by atoms with Crippen molar-refractivity contribution in [2.45, 2.75) is 4.90 Å². The maximum Gasteiger partial charge on any atom is 0.0393 e. The van der Waals surface area contributed by atoms with Gasteiger partial charge in [-0.1, -0.05) is 60.8 Å². The van der Waals surface area contributed by atoms with Crippen molar-refractivity contribution in [3.63, 3.8) is 0 Å². The third-order valence-corrected chi connectivity index (χ3v) is 3.38. The van der Waals surface area contributed by atoms with Gasteiger partial charge in [0.05, 0.1) is 0 Å². The molecule has 0 aliphatic rings. The molecule has 0 heterocycles. The average Bonchev–Trinajstić information content (AvgIpc) is 2.41. The van der Waals surface area contributed by atoms with Crippen LogP contribution in [0.5, 0.6) is 0 Å². The molecule has 90 valence electrons. The molecule has 0 fully saturated rings. The van der Waals surface area contributed by atoms with Crippen molar-refractivity contribution in [1.82, 2.24) is 0 Å². The third-order valence-electron chi connectivity index (χ3n) is 2.54. The van der Waals surface area contributed by atoms with Crippen molar-refractivity contribution in [2.24, 2.45) is 0 Å². The Balaban J connectivity index is 2.20. The smallest absolute Gasteiger partial charge is 0.0393 e. The maximum absolute atomic E-state index is 5.96. The zero-order valence-electron chi connectivity index (χ0n) is 10.0. The molecule has 0 aliphatic carbocycles. The van der Waals surface area contributed by atoms with E-state index in [-0.39, 0.29) is 0 Å². The Kier molecular flexibility index (Phi) is 4.26. The second kappa shape index (κ2) is 6.12. The minimum atomic E-state index is 0.810. The van der Waals surface area contributed by atoms with E-state index in [0.29, 0.717) is 0 Å². The molecule has 0 bridgehead atoms. The summed E-state index contributed by atoms with van der Waals surface area (Å²) in [5.74, 6) is 0. The van der Waals surface area contributed by atoms with Gasteiger partial charge in [0.1, 0.15) is 0 Å². The molecule has 2 aromatic carbocycles. The molecule has 18 heavy (non-hydrogen) atoms. The Morgan fingerprint density at radius 2 is 1.72 bits per heavy atom. The lowest BCUT2D eigenvalue weighted by Crippen LogP contribution is -1.88. The number of hydrogen-bond acceptors (Lipinski definition) is 2. The Bertz CT molecular complexity index is 556. The number of benzene rings is 2. The van der Waals surface area contributed by atoms with E-state index in [2.05, 4.69) is 30.8 Å². The average molecular weight is 253 g/mol. The first-order valence-electron chi connectivity index (χ1n) is 5.70. The molecule has 0 saturated heterocycles. The van der Waals surface area contributed by atoms with E-state index < -0.39 is 0 Å². The Hall–Kier alpha value is -1.93. The van der Waals surface area contributed by atoms with E-state index in [1.54, 1.807) is 17.8 Å². The summed E-state index contributed by atoms with van der Waals surface area (Å²) >= 11 is 1.67. The van der Waals surface area contributed by atoms with Crippen molar-refractivity contribution in [1.29, 1.82) is 0 Å². The summed E-state index contributed by atoms with van der Waals surface area (Å²) in [5, 5.41) is 2.01. The van der Waals surface area contributed by atoms with Gasteiger partial charge in [-0.3, -0.25) is 0 Å². The molecule has 2 aromatic rings. The Morgan fingerprint density at radius 1 is 1.00 bits per heavy atom. The highest BCUT2D eigenvalue weighted by molar-refractivity contribution is 8.02. The normalized spacial score (nSPS) is 10.7. The quantitative estimate of drug-likeness (QED) is 0.484. The summed E-state index contributed by atoms with van der Waals surface area (Å²) in [4.78, 5) is 1.20. The Morgan fingerprint density at radius 3 is 2.39 bits per heavy atom. The van der Waals surface area contributed by atoms with Crippen LogP contribution in [0.3, 0.4) is 0 Å². The van der Waals surface area contributed by atoms with E-state index in [9.17, 15) is 0 Å². The van der Waals surface area contributed by atoms with Gasteiger partial charge in [-0.15, -0.1) is 0 Å². The van der Waals surface area contributed by atoms with Gasteiger partial charge in [-0.25, -0.2) is 0 Å². The first-order chi connectivity index (χ1) is 8.81. The number of nitrogens with two attached hydrogens (primary N) is 1. The third kappa shape index (κ3) is 3.05. The highest BCUT2D eigenvalue weighted by atomic mass is 32.2. The van der Waals surface area contributed by atoms with Crippen molar-refractivity contribution in [3.8, 4) is 11.1 Å². The molecule has 0 atom stereocenters. The van der Waals surface area contributed by atoms with Gasteiger partial charge in [0.25, 0.3) is 0 Å². The summed E-state index contributed by atoms with van der Waals surface area (Å²) in [5.41, 5.74) is 8.99. The lowest BCUT2D eigenvalue weighted by Gasteiger charge is -2.06. The lowest BCUT2D eigenvalue weighted by atomic mass is 10.0. The van der Waals surface area contributed by atoms with Crippen LogP contribution in [0.25, 0.3) is 11.1 Å². The zero-order chi connectivity index (χ0) is 12.8. The number of rotatable bonds is 4. The summed E-state index contributed by atoms with van der Waals surface area (Å²) in [7, 11) is 0. The molecule has 0 spiro atoms. The minimum absolute atomic E-state index is 0.810. The summed E-state index contributed by atoms with van der Waals surface area (Å²) < 4.78 is 0. The molecule has 2 heteroatoms. The molecule has 2 N–H and O–H groups in total. The topological polar surface area (TPSA) is 26.0 Å². The van der Waals surface area contributed by atoms with Crippen LogP contribution in [0.15, 0.2) is 77.6 Å². The van der Waals surface area contributed by atoms with Gasteiger partial charge in [-0.2, -0.15) is 0 Å². The van der Waals surface area contributed by atoms with Crippen molar-refractivity contribution in [2.75, 3.05) is 5.73 Å². The number of thioether (sulfide) groups is 1. The summed E-state index contributed by atoms with van der Waals surface area (Å²) in [6, 6.07) is 16.3. The van der Waals surface area contributed by atoms with Crippen molar-refractivity contribution < 1.29 is 0 Å². The molecule has 2 rings (SSSR count). The molecule has 0 aromatic heterocycles. The highest BCUT2D eigenvalue weighted by Gasteiger charge is 2.01. The van der Waals surface area contributed by atoms with Crippen LogP contribution >= 0.6 is 11.8 Å². The van der Waals surface area contributed by atoms with Gasteiger partial charge >= 0.3 is 0 Å². The van der Waals surface area contributed by atoms with E-state index in [0.717, 1.165) is 16.8 Å². The van der Waals surface area contributed by atoms with Crippen LogP contribution in [0.2, 0.25) is 0 Å². The van der Waals surface area contributed by atoms with Gasteiger partial charge in [-0.05, 0) is 29.2 Å². The first-order valence-corrected chi connectivity index (χ1v) is 6.58. The number of nitrogen functional groups attached to an aromatic ring is 1. The van der Waals surface area contributed by atoms with Gasteiger partial charge in [0.2, 0.25) is 0 Å². The Labute approximate surface area is 112 Å². The molecule has 0 unspecified atom stereocenters. The second-order valence-corrected chi connectivity index (χ2v) is 4.77. The number of hydrogen-bond donors (Lipinski definition) is 1. The van der Waals surface area contributed by atoms with Crippen LogP contribution in [0, 0.1) is 0 Å². The van der Waals surface area contributed by atoms with E-state index >= 15 is 0 Å². The van der Waals surface area contributed by atoms with Crippen LogP contribution in [-0.4, -0.2) is 0 Å². The van der Waals surface area contributed by atoms with Crippen LogP contribution in [0.1, 0.15) is 0 Å². The fraction of sp³-hybridized carbons (Fsp3) is 0. The fourth-order valence-corrected chi connectivity index (χ4v) is 2.29. The van der Waals surface area contributed by atoms with Crippen LogP contribution in [0.4, 0.5) is 5.69 Å². The second-order valence-electron chi connectivity index (χ2n) is 3.79. The fourth-order valence-electron chi connectivity index (χ4n) is 1.65. The van der Waals surface area contributed by atoms with Gasteiger partial charge < -0.3 is 5.73 Å². The van der Waals surface area contributed by atoms with E-state index in [1.165, 1.54) is 4.90 Å². The maximum atomic E-state index is 5.96. The number of para-hydroxylation sites is 1. The SMILES string of the molecule is C=CC=CSc1ccc(-c2ccccc2N)cc1. The molecule has 0 amide bonds. The summed E-state index contributed by atoms with van der Waals surface area (Å²) in [6.45, 7) is 3.64. The molecule has 0 saturated carbocycles. The number of allylic oxidation sites excluding steroid dienone is 2. The zero-order valence-corrected chi connectivity index (χ0v) is 10.9. The van der Waals surface area contributed by atoms with E-state index in [4.69, 9.17) is 5.73 Å². The van der Waals surface area contributed by atoms with Crippen molar-refractivity contribution >= 4 is 17.4 Å². The number of anilines is 1. The van der Waals surface area contributed by atoms with Crippen LogP contribution < -0.4 is 5.73 Å². The molecule has 0 aliphatic heterocycles. The van der Waals surface area contributed by atoms with Gasteiger partial charge in [0.15, 0.2) is 0 Å².